The highest BCUT2D eigenvalue weighted by Crippen LogP contribution is 2.42. The van der Waals surface area contributed by atoms with E-state index >= 15 is 0 Å². The van der Waals surface area contributed by atoms with Crippen molar-refractivity contribution in [1.82, 2.24) is 5.32 Å². The fraction of sp³-hybridized carbons (Fsp3) is 0.833. The van der Waals surface area contributed by atoms with Gasteiger partial charge in [0.05, 0.1) is 6.10 Å². The first kappa shape index (κ1) is 14.0. The lowest BCUT2D eigenvalue weighted by Crippen LogP contribution is -2.50. The Morgan fingerprint density at radius 2 is 2.00 bits per heavy atom. The number of carboxylic acids is 1. The maximum Gasteiger partial charge on any atom is 0.328 e. The predicted molar refractivity (Wildman–Crippen MR) is 62.4 cm³/mol. The Balaban J connectivity index is 2.68. The first-order chi connectivity index (χ1) is 7.75. The Labute approximate surface area is 101 Å². The summed E-state index contributed by atoms with van der Waals surface area (Å²) in [7, 11) is 0. The van der Waals surface area contributed by atoms with E-state index in [1.165, 1.54) is 6.92 Å². The van der Waals surface area contributed by atoms with Gasteiger partial charge in [-0.25, -0.2) is 4.79 Å². The SMILES string of the molecule is CC(O)C(NC(=O)C1CCCC1(C)C)C(=O)O. The molecule has 0 aromatic heterocycles. The van der Waals surface area contributed by atoms with E-state index < -0.39 is 18.1 Å². The van der Waals surface area contributed by atoms with Gasteiger partial charge in [-0.15, -0.1) is 0 Å². The molecule has 3 N–H and O–H groups in total. The molecule has 1 fully saturated rings. The van der Waals surface area contributed by atoms with Gasteiger partial charge in [-0.1, -0.05) is 20.3 Å². The monoisotopic (exact) mass is 243 g/mol. The number of hydrogen-bond acceptors (Lipinski definition) is 3. The molecule has 3 unspecified atom stereocenters. The molecule has 0 aliphatic heterocycles. The van der Waals surface area contributed by atoms with Crippen molar-refractivity contribution in [2.75, 3.05) is 0 Å². The molecule has 0 saturated heterocycles. The van der Waals surface area contributed by atoms with Crippen molar-refractivity contribution in [2.24, 2.45) is 11.3 Å². The minimum absolute atomic E-state index is 0.0914. The third-order valence-corrected chi connectivity index (χ3v) is 3.62. The third kappa shape index (κ3) is 3.19. The van der Waals surface area contributed by atoms with Gasteiger partial charge in [-0.05, 0) is 25.2 Å². The second-order valence-corrected chi connectivity index (χ2v) is 5.50. The number of carbonyl (C=O) groups is 2. The van der Waals surface area contributed by atoms with Gasteiger partial charge < -0.3 is 15.5 Å². The maximum absolute atomic E-state index is 12.0. The van der Waals surface area contributed by atoms with E-state index in [4.69, 9.17) is 5.11 Å². The summed E-state index contributed by atoms with van der Waals surface area (Å²) < 4.78 is 0. The number of hydrogen-bond donors (Lipinski definition) is 3. The van der Waals surface area contributed by atoms with E-state index in [2.05, 4.69) is 5.32 Å². The molecule has 0 aromatic carbocycles. The summed E-state index contributed by atoms with van der Waals surface area (Å²) in [6.07, 6.45) is 1.64. The number of aliphatic hydroxyl groups excluding tert-OH is 1. The fourth-order valence-corrected chi connectivity index (χ4v) is 2.46. The number of amides is 1. The van der Waals surface area contributed by atoms with Crippen LogP contribution in [-0.4, -0.2) is 34.2 Å². The van der Waals surface area contributed by atoms with E-state index in [1.54, 1.807) is 0 Å². The average molecular weight is 243 g/mol. The van der Waals surface area contributed by atoms with E-state index in [0.29, 0.717) is 0 Å². The summed E-state index contributed by atoms with van der Waals surface area (Å²) >= 11 is 0. The molecule has 1 rings (SSSR count). The van der Waals surface area contributed by atoms with Gasteiger partial charge in [-0.3, -0.25) is 4.79 Å². The van der Waals surface area contributed by atoms with Gasteiger partial charge in [-0.2, -0.15) is 0 Å². The zero-order valence-electron chi connectivity index (χ0n) is 10.6. The van der Waals surface area contributed by atoms with Crippen molar-refractivity contribution in [3.63, 3.8) is 0 Å². The third-order valence-electron chi connectivity index (χ3n) is 3.62. The van der Waals surface area contributed by atoms with Gasteiger partial charge in [0.2, 0.25) is 5.91 Å². The van der Waals surface area contributed by atoms with Crippen LogP contribution < -0.4 is 5.32 Å². The molecule has 17 heavy (non-hydrogen) atoms. The van der Waals surface area contributed by atoms with Gasteiger partial charge in [0, 0.05) is 5.92 Å². The number of nitrogens with one attached hydrogen (secondary N) is 1. The van der Waals surface area contributed by atoms with Crippen LogP contribution in [0.1, 0.15) is 40.0 Å². The fourth-order valence-electron chi connectivity index (χ4n) is 2.46. The summed E-state index contributed by atoms with van der Waals surface area (Å²) in [5.74, 6) is -1.63. The lowest BCUT2D eigenvalue weighted by molar-refractivity contribution is -0.146. The Morgan fingerprint density at radius 1 is 1.41 bits per heavy atom. The molecule has 3 atom stereocenters. The lowest BCUT2D eigenvalue weighted by atomic mass is 9.81. The van der Waals surface area contributed by atoms with Crippen LogP contribution in [0.3, 0.4) is 0 Å². The summed E-state index contributed by atoms with van der Waals surface area (Å²) in [4.78, 5) is 22.9. The second kappa shape index (κ2) is 5.04. The quantitative estimate of drug-likeness (QED) is 0.680. The minimum atomic E-state index is -1.22. The number of carbonyl (C=O) groups excluding carboxylic acids is 1. The van der Waals surface area contributed by atoms with Crippen LogP contribution in [0.2, 0.25) is 0 Å². The largest absolute Gasteiger partial charge is 0.480 e. The molecule has 98 valence electrons. The van der Waals surface area contributed by atoms with E-state index in [9.17, 15) is 14.7 Å². The van der Waals surface area contributed by atoms with E-state index in [-0.39, 0.29) is 17.2 Å². The zero-order valence-corrected chi connectivity index (χ0v) is 10.6. The maximum atomic E-state index is 12.0. The van der Waals surface area contributed by atoms with Crippen molar-refractivity contribution in [3.05, 3.63) is 0 Å². The van der Waals surface area contributed by atoms with Crippen molar-refractivity contribution >= 4 is 11.9 Å². The molecule has 1 aliphatic rings. The molecule has 0 heterocycles. The molecule has 5 heteroatoms. The minimum Gasteiger partial charge on any atom is -0.480 e. The summed E-state index contributed by atoms with van der Waals surface area (Å²) in [5, 5.41) is 20.6. The first-order valence-corrected chi connectivity index (χ1v) is 5.97. The van der Waals surface area contributed by atoms with E-state index in [0.717, 1.165) is 19.3 Å². The van der Waals surface area contributed by atoms with Gasteiger partial charge in [0.1, 0.15) is 0 Å². The number of aliphatic hydroxyl groups is 1. The summed E-state index contributed by atoms with van der Waals surface area (Å²) in [5.41, 5.74) is -0.0914. The van der Waals surface area contributed by atoms with Crippen LogP contribution >= 0.6 is 0 Å². The Kier molecular flexibility index (Phi) is 4.14. The van der Waals surface area contributed by atoms with Crippen molar-refractivity contribution in [1.29, 1.82) is 0 Å². The van der Waals surface area contributed by atoms with Gasteiger partial charge in [0.15, 0.2) is 6.04 Å². The topological polar surface area (TPSA) is 86.6 Å². The van der Waals surface area contributed by atoms with Crippen LogP contribution in [0.4, 0.5) is 0 Å². The Bertz CT molecular complexity index is 312. The smallest absolute Gasteiger partial charge is 0.328 e. The van der Waals surface area contributed by atoms with Crippen molar-refractivity contribution < 1.29 is 19.8 Å². The predicted octanol–water partition coefficient (Wildman–Crippen LogP) is 0.763. The summed E-state index contributed by atoms with van der Waals surface area (Å²) in [6, 6.07) is -1.22. The lowest BCUT2D eigenvalue weighted by Gasteiger charge is -2.28. The first-order valence-electron chi connectivity index (χ1n) is 5.97. The van der Waals surface area contributed by atoms with Crippen LogP contribution in [0.5, 0.6) is 0 Å². The van der Waals surface area contributed by atoms with Crippen molar-refractivity contribution in [2.45, 2.75) is 52.2 Å². The molecular formula is C12H21NO4. The van der Waals surface area contributed by atoms with Crippen molar-refractivity contribution in [3.8, 4) is 0 Å². The Morgan fingerprint density at radius 3 is 2.35 bits per heavy atom. The average Bonchev–Trinajstić information content (AvgIpc) is 2.53. The number of aliphatic carboxylic acids is 1. The normalized spacial score (nSPS) is 26.2. The van der Waals surface area contributed by atoms with Crippen LogP contribution in [0.25, 0.3) is 0 Å². The molecular weight excluding hydrogens is 222 g/mol. The molecule has 0 spiro atoms. The zero-order chi connectivity index (χ0) is 13.2. The van der Waals surface area contributed by atoms with Gasteiger partial charge >= 0.3 is 5.97 Å². The number of rotatable bonds is 4. The Hall–Kier alpha value is -1.10. The molecule has 1 saturated carbocycles. The summed E-state index contributed by atoms with van der Waals surface area (Å²) in [6.45, 7) is 5.39. The van der Waals surface area contributed by atoms with Crippen LogP contribution in [-0.2, 0) is 9.59 Å². The van der Waals surface area contributed by atoms with E-state index in [1.807, 2.05) is 13.8 Å². The van der Waals surface area contributed by atoms with Crippen LogP contribution in [0, 0.1) is 11.3 Å². The molecule has 0 bridgehead atoms. The molecule has 1 aliphatic carbocycles. The number of carboxylic acid groups (broad SMARTS) is 1. The molecule has 5 nitrogen and oxygen atoms in total. The second-order valence-electron chi connectivity index (χ2n) is 5.50. The highest BCUT2D eigenvalue weighted by molar-refractivity contribution is 5.86. The highest BCUT2D eigenvalue weighted by Gasteiger charge is 2.40. The van der Waals surface area contributed by atoms with Gasteiger partial charge in [0.25, 0.3) is 0 Å². The molecule has 1 amide bonds. The standard InChI is InChI=1S/C12H21NO4/c1-7(14)9(11(16)17)13-10(15)8-5-4-6-12(8,2)3/h7-9,14H,4-6H2,1-3H3,(H,13,15)(H,16,17). The molecule has 0 radical (unpaired) electrons. The van der Waals surface area contributed by atoms with Crippen LogP contribution in [0.15, 0.2) is 0 Å². The molecule has 0 aromatic rings. The highest BCUT2D eigenvalue weighted by atomic mass is 16.4.